The monoisotopic (exact) mass is 278 g/mol. The van der Waals surface area contributed by atoms with Gasteiger partial charge in [0.25, 0.3) is 0 Å². The molecule has 1 aromatic carbocycles. The zero-order valence-electron chi connectivity index (χ0n) is 10.7. The van der Waals surface area contributed by atoms with E-state index in [9.17, 15) is 4.79 Å². The highest BCUT2D eigenvalue weighted by atomic mass is 35.5. The number of aryl methyl sites for hydroxylation is 2. The van der Waals surface area contributed by atoms with Crippen molar-refractivity contribution in [3.05, 3.63) is 46.2 Å². The lowest BCUT2D eigenvalue weighted by Crippen LogP contribution is -2.28. The smallest absolute Gasteiger partial charge is 0.319 e. The first-order valence-electron chi connectivity index (χ1n) is 5.87. The molecular weight excluding hydrogens is 264 g/mol. The van der Waals surface area contributed by atoms with Gasteiger partial charge in [-0.05, 0) is 38.1 Å². The van der Waals surface area contributed by atoms with Crippen LogP contribution in [0, 0.1) is 13.8 Å². The molecule has 19 heavy (non-hydrogen) atoms. The summed E-state index contributed by atoms with van der Waals surface area (Å²) in [5.74, 6) is 0. The molecule has 2 rings (SSSR count). The van der Waals surface area contributed by atoms with E-state index in [1.807, 2.05) is 13.8 Å². The van der Waals surface area contributed by atoms with E-state index in [-0.39, 0.29) is 6.03 Å². The van der Waals surface area contributed by atoms with E-state index in [1.54, 1.807) is 24.3 Å². The van der Waals surface area contributed by atoms with E-state index in [0.717, 1.165) is 17.0 Å². The van der Waals surface area contributed by atoms with Crippen LogP contribution in [0.4, 0.5) is 10.5 Å². The normalized spacial score (nSPS) is 10.3. The van der Waals surface area contributed by atoms with E-state index in [4.69, 9.17) is 11.6 Å². The Bertz CT molecular complexity index is 557. The third-order valence-electron chi connectivity index (χ3n) is 2.81. The van der Waals surface area contributed by atoms with Gasteiger partial charge in [0.05, 0.1) is 5.69 Å². The van der Waals surface area contributed by atoms with Crippen molar-refractivity contribution in [1.29, 1.82) is 0 Å². The molecule has 0 aliphatic rings. The maximum Gasteiger partial charge on any atom is 0.319 e. The third-order valence-corrected chi connectivity index (χ3v) is 3.06. The number of halogens is 1. The highest BCUT2D eigenvalue weighted by Gasteiger charge is 2.08. The number of nitrogens with one attached hydrogen (secondary N) is 3. The molecule has 0 atom stereocenters. The Hall–Kier alpha value is -2.01. The molecule has 5 nitrogen and oxygen atoms in total. The molecular formula is C13H15ClN4O. The van der Waals surface area contributed by atoms with Crippen molar-refractivity contribution >= 4 is 23.3 Å². The van der Waals surface area contributed by atoms with Crippen LogP contribution in [0.5, 0.6) is 0 Å². The molecule has 0 aliphatic carbocycles. The molecule has 0 fully saturated rings. The number of hydrogen-bond donors (Lipinski definition) is 3. The van der Waals surface area contributed by atoms with Crippen LogP contribution in [0.25, 0.3) is 0 Å². The summed E-state index contributed by atoms with van der Waals surface area (Å²) in [6.45, 7) is 4.26. The number of H-pyrrole nitrogens is 1. The second-order valence-corrected chi connectivity index (χ2v) is 4.66. The van der Waals surface area contributed by atoms with Crippen molar-refractivity contribution in [1.82, 2.24) is 15.5 Å². The van der Waals surface area contributed by atoms with Crippen LogP contribution < -0.4 is 10.6 Å². The number of nitrogens with zero attached hydrogens (tertiary/aromatic N) is 1. The molecule has 1 aromatic heterocycles. The number of rotatable bonds is 3. The summed E-state index contributed by atoms with van der Waals surface area (Å²) in [7, 11) is 0. The van der Waals surface area contributed by atoms with Crippen LogP contribution in [0.15, 0.2) is 24.3 Å². The average molecular weight is 279 g/mol. The van der Waals surface area contributed by atoms with Crippen molar-refractivity contribution in [3.63, 3.8) is 0 Å². The van der Waals surface area contributed by atoms with E-state index < -0.39 is 0 Å². The number of hydrogen-bond acceptors (Lipinski definition) is 2. The van der Waals surface area contributed by atoms with E-state index in [1.165, 1.54) is 0 Å². The summed E-state index contributed by atoms with van der Waals surface area (Å²) < 4.78 is 0. The third kappa shape index (κ3) is 3.48. The zero-order valence-corrected chi connectivity index (χ0v) is 11.5. The van der Waals surface area contributed by atoms with Crippen LogP contribution in [0.1, 0.15) is 17.0 Å². The Morgan fingerprint density at radius 3 is 2.58 bits per heavy atom. The summed E-state index contributed by atoms with van der Waals surface area (Å²) in [5.41, 5.74) is 3.56. The number of benzene rings is 1. The van der Waals surface area contributed by atoms with Gasteiger partial charge >= 0.3 is 6.03 Å². The van der Waals surface area contributed by atoms with Crippen LogP contribution >= 0.6 is 11.6 Å². The first-order chi connectivity index (χ1) is 9.06. The number of amides is 2. The molecule has 0 aliphatic heterocycles. The van der Waals surface area contributed by atoms with Gasteiger partial charge in [0.1, 0.15) is 0 Å². The summed E-state index contributed by atoms with van der Waals surface area (Å²) in [6.07, 6.45) is 0. The van der Waals surface area contributed by atoms with Crippen LogP contribution in [-0.2, 0) is 6.54 Å². The Kier molecular flexibility index (Phi) is 4.06. The predicted molar refractivity (Wildman–Crippen MR) is 75.4 cm³/mol. The minimum atomic E-state index is -0.262. The van der Waals surface area contributed by atoms with Gasteiger partial charge in [0.15, 0.2) is 0 Å². The Balaban J connectivity index is 1.90. The molecule has 0 spiro atoms. The second kappa shape index (κ2) is 5.75. The van der Waals surface area contributed by atoms with Gasteiger partial charge in [-0.3, -0.25) is 5.10 Å². The fourth-order valence-electron chi connectivity index (χ4n) is 1.71. The molecule has 2 amide bonds. The molecule has 0 saturated carbocycles. The minimum absolute atomic E-state index is 0.262. The van der Waals surface area contributed by atoms with Gasteiger partial charge in [-0.2, -0.15) is 5.10 Å². The first-order valence-corrected chi connectivity index (χ1v) is 6.25. The number of carbonyl (C=O) groups is 1. The van der Waals surface area contributed by atoms with Gasteiger partial charge < -0.3 is 10.6 Å². The Morgan fingerprint density at radius 2 is 2.00 bits per heavy atom. The lowest BCUT2D eigenvalue weighted by Gasteiger charge is -2.07. The number of carbonyl (C=O) groups excluding carboxylic acids is 1. The van der Waals surface area contributed by atoms with Crippen LogP contribution in [-0.4, -0.2) is 16.2 Å². The molecule has 0 saturated heterocycles. The SMILES string of the molecule is Cc1n[nH]c(C)c1CNC(=O)Nc1ccc(Cl)cc1. The van der Waals surface area contributed by atoms with E-state index in [2.05, 4.69) is 20.8 Å². The molecule has 2 aromatic rings. The van der Waals surface area contributed by atoms with Gasteiger partial charge in [0.2, 0.25) is 0 Å². The van der Waals surface area contributed by atoms with Gasteiger partial charge in [-0.25, -0.2) is 4.79 Å². The molecule has 0 unspecified atom stereocenters. The summed E-state index contributed by atoms with van der Waals surface area (Å²) in [5, 5.41) is 13.1. The standard InChI is InChI=1S/C13H15ClN4O/c1-8-12(9(2)18-17-8)7-15-13(19)16-11-5-3-10(14)4-6-11/h3-6H,7H2,1-2H3,(H,17,18)(H2,15,16,19). The maximum absolute atomic E-state index is 11.7. The lowest BCUT2D eigenvalue weighted by molar-refractivity contribution is 0.251. The fourth-order valence-corrected chi connectivity index (χ4v) is 1.84. The first kappa shape index (κ1) is 13.4. The van der Waals surface area contributed by atoms with Gasteiger partial charge in [-0.1, -0.05) is 11.6 Å². The molecule has 1 heterocycles. The van der Waals surface area contributed by atoms with Crippen molar-refractivity contribution < 1.29 is 4.79 Å². The van der Waals surface area contributed by atoms with Crippen molar-refractivity contribution in [3.8, 4) is 0 Å². The van der Waals surface area contributed by atoms with E-state index in [0.29, 0.717) is 17.3 Å². The quantitative estimate of drug-likeness (QED) is 0.808. The summed E-state index contributed by atoms with van der Waals surface area (Å²) in [6, 6.07) is 6.68. The summed E-state index contributed by atoms with van der Waals surface area (Å²) in [4.78, 5) is 11.7. The topological polar surface area (TPSA) is 69.8 Å². The van der Waals surface area contributed by atoms with Crippen LogP contribution in [0.3, 0.4) is 0 Å². The zero-order chi connectivity index (χ0) is 13.8. The maximum atomic E-state index is 11.7. The number of urea groups is 1. The lowest BCUT2D eigenvalue weighted by atomic mass is 10.2. The number of aromatic amines is 1. The average Bonchev–Trinajstić information content (AvgIpc) is 2.70. The Labute approximate surface area is 116 Å². The Morgan fingerprint density at radius 1 is 1.32 bits per heavy atom. The molecule has 3 N–H and O–H groups in total. The largest absolute Gasteiger partial charge is 0.334 e. The van der Waals surface area contributed by atoms with E-state index >= 15 is 0 Å². The van der Waals surface area contributed by atoms with Crippen molar-refractivity contribution in [2.75, 3.05) is 5.32 Å². The highest BCUT2D eigenvalue weighted by Crippen LogP contribution is 2.13. The minimum Gasteiger partial charge on any atom is -0.334 e. The molecule has 0 bridgehead atoms. The van der Waals surface area contributed by atoms with Crippen molar-refractivity contribution in [2.24, 2.45) is 0 Å². The highest BCUT2D eigenvalue weighted by molar-refractivity contribution is 6.30. The number of aromatic nitrogens is 2. The van der Waals surface area contributed by atoms with Gasteiger partial charge in [-0.15, -0.1) is 0 Å². The van der Waals surface area contributed by atoms with Crippen molar-refractivity contribution in [2.45, 2.75) is 20.4 Å². The van der Waals surface area contributed by atoms with Gasteiger partial charge in [0, 0.05) is 28.5 Å². The fraction of sp³-hybridized carbons (Fsp3) is 0.231. The molecule has 0 radical (unpaired) electrons. The number of anilines is 1. The summed E-state index contributed by atoms with van der Waals surface area (Å²) >= 11 is 5.77. The van der Waals surface area contributed by atoms with Crippen LogP contribution in [0.2, 0.25) is 5.02 Å². The molecule has 6 heteroatoms. The predicted octanol–water partition coefficient (Wildman–Crippen LogP) is 3.00. The second-order valence-electron chi connectivity index (χ2n) is 4.23. The molecule has 100 valence electrons.